The minimum atomic E-state index is 0.289. The SMILES string of the molecule is N/C=C(\C=NC1CCNC1)c1cnc(Cl)cc1OC1CC1. The van der Waals surface area contributed by atoms with Gasteiger partial charge in [-0.15, -0.1) is 0 Å². The second kappa shape index (κ2) is 6.45. The first-order valence-electron chi connectivity index (χ1n) is 7.24. The van der Waals surface area contributed by atoms with Crippen molar-refractivity contribution < 1.29 is 4.74 Å². The Balaban J connectivity index is 1.81. The van der Waals surface area contributed by atoms with Crippen molar-refractivity contribution in [2.45, 2.75) is 31.4 Å². The van der Waals surface area contributed by atoms with Crippen molar-refractivity contribution in [2.24, 2.45) is 10.7 Å². The van der Waals surface area contributed by atoms with Crippen molar-refractivity contribution in [3.8, 4) is 5.75 Å². The van der Waals surface area contributed by atoms with E-state index in [9.17, 15) is 0 Å². The lowest BCUT2D eigenvalue weighted by molar-refractivity contribution is 0.302. The summed E-state index contributed by atoms with van der Waals surface area (Å²) in [5.41, 5.74) is 7.40. The van der Waals surface area contributed by atoms with Crippen LogP contribution in [0.3, 0.4) is 0 Å². The summed E-state index contributed by atoms with van der Waals surface area (Å²) in [6.07, 6.45) is 8.55. The molecule has 1 saturated carbocycles. The predicted octanol–water partition coefficient (Wildman–Crippen LogP) is 2.01. The molecule has 1 aliphatic heterocycles. The van der Waals surface area contributed by atoms with Crippen molar-refractivity contribution in [1.82, 2.24) is 10.3 Å². The Bertz CT molecular complexity index is 563. The number of nitrogens with zero attached hydrogens (tertiary/aromatic N) is 2. The lowest BCUT2D eigenvalue weighted by Gasteiger charge is -2.11. The zero-order valence-electron chi connectivity index (χ0n) is 11.8. The summed E-state index contributed by atoms with van der Waals surface area (Å²) in [5.74, 6) is 0.727. The van der Waals surface area contributed by atoms with E-state index in [1.54, 1.807) is 12.3 Å². The minimum absolute atomic E-state index is 0.289. The molecule has 0 spiro atoms. The van der Waals surface area contributed by atoms with Gasteiger partial charge in [-0.1, -0.05) is 11.6 Å². The molecule has 3 N–H and O–H groups in total. The molecule has 0 aromatic carbocycles. The van der Waals surface area contributed by atoms with E-state index in [1.165, 1.54) is 6.20 Å². The van der Waals surface area contributed by atoms with E-state index in [-0.39, 0.29) is 6.10 Å². The van der Waals surface area contributed by atoms with Crippen LogP contribution in [0.15, 0.2) is 23.5 Å². The fourth-order valence-electron chi connectivity index (χ4n) is 2.25. The van der Waals surface area contributed by atoms with Gasteiger partial charge in [-0.25, -0.2) is 4.98 Å². The average molecular weight is 307 g/mol. The summed E-state index contributed by atoms with van der Waals surface area (Å²) in [5, 5.41) is 3.71. The van der Waals surface area contributed by atoms with Crippen LogP contribution in [0.4, 0.5) is 0 Å². The topological polar surface area (TPSA) is 72.5 Å². The van der Waals surface area contributed by atoms with Gasteiger partial charge in [0.05, 0.1) is 12.1 Å². The number of aromatic nitrogens is 1. The van der Waals surface area contributed by atoms with Crippen molar-refractivity contribution in [3.63, 3.8) is 0 Å². The van der Waals surface area contributed by atoms with Gasteiger partial charge < -0.3 is 15.8 Å². The van der Waals surface area contributed by atoms with Gasteiger partial charge in [0.1, 0.15) is 10.9 Å². The Kier molecular flexibility index (Phi) is 4.41. The molecule has 0 radical (unpaired) electrons. The van der Waals surface area contributed by atoms with Crippen LogP contribution in [0.2, 0.25) is 5.15 Å². The third-order valence-corrected chi connectivity index (χ3v) is 3.81. The van der Waals surface area contributed by atoms with Gasteiger partial charge in [-0.05, 0) is 25.8 Å². The standard InChI is InChI=1S/C15H19ClN4O/c16-15-5-14(21-12-1-2-12)13(9-20-15)10(6-17)7-19-11-3-4-18-8-11/h5-7,9,11-12,18H,1-4,8,17H2/b10-6+,19-7?. The van der Waals surface area contributed by atoms with Gasteiger partial charge in [0.2, 0.25) is 0 Å². The number of aliphatic imine (C=N–C) groups is 1. The Hall–Kier alpha value is -1.59. The van der Waals surface area contributed by atoms with Gasteiger partial charge in [0.15, 0.2) is 0 Å². The van der Waals surface area contributed by atoms with Gasteiger partial charge in [0, 0.05) is 42.4 Å². The molecule has 0 amide bonds. The summed E-state index contributed by atoms with van der Waals surface area (Å²) in [6.45, 7) is 1.93. The minimum Gasteiger partial charge on any atom is -0.490 e. The zero-order chi connectivity index (χ0) is 14.7. The van der Waals surface area contributed by atoms with Crippen LogP contribution in [-0.4, -0.2) is 36.4 Å². The highest BCUT2D eigenvalue weighted by molar-refractivity contribution is 6.29. The van der Waals surface area contributed by atoms with Crippen molar-refractivity contribution >= 4 is 23.4 Å². The maximum absolute atomic E-state index is 5.97. The van der Waals surface area contributed by atoms with Crippen molar-refractivity contribution in [1.29, 1.82) is 0 Å². The van der Waals surface area contributed by atoms with Crippen LogP contribution in [0.5, 0.6) is 5.75 Å². The summed E-state index contributed by atoms with van der Waals surface area (Å²) in [4.78, 5) is 8.71. The summed E-state index contributed by atoms with van der Waals surface area (Å²) in [6, 6.07) is 2.05. The van der Waals surface area contributed by atoms with E-state index >= 15 is 0 Å². The van der Waals surface area contributed by atoms with E-state index in [0.717, 1.165) is 49.2 Å². The predicted molar refractivity (Wildman–Crippen MR) is 84.8 cm³/mol. The van der Waals surface area contributed by atoms with Crippen LogP contribution < -0.4 is 15.8 Å². The molecule has 2 fully saturated rings. The molecule has 2 heterocycles. The Morgan fingerprint density at radius 2 is 2.33 bits per heavy atom. The second-order valence-electron chi connectivity index (χ2n) is 5.37. The molecule has 2 aliphatic rings. The van der Waals surface area contributed by atoms with Gasteiger partial charge in [-0.3, -0.25) is 4.99 Å². The Morgan fingerprint density at radius 3 is 3.00 bits per heavy atom. The number of nitrogens with two attached hydrogens (primary N) is 1. The largest absolute Gasteiger partial charge is 0.490 e. The summed E-state index contributed by atoms with van der Waals surface area (Å²) in [7, 11) is 0. The quantitative estimate of drug-likeness (QED) is 0.645. The molecule has 21 heavy (non-hydrogen) atoms. The van der Waals surface area contributed by atoms with E-state index < -0.39 is 0 Å². The van der Waals surface area contributed by atoms with Crippen LogP contribution in [0, 0.1) is 0 Å². The van der Waals surface area contributed by atoms with Crippen molar-refractivity contribution in [3.05, 3.63) is 29.2 Å². The molecular formula is C15H19ClN4O. The van der Waals surface area contributed by atoms with Gasteiger partial charge >= 0.3 is 0 Å². The number of pyridine rings is 1. The van der Waals surface area contributed by atoms with Crippen LogP contribution >= 0.6 is 11.6 Å². The zero-order valence-corrected chi connectivity index (χ0v) is 12.5. The smallest absolute Gasteiger partial charge is 0.132 e. The van der Waals surface area contributed by atoms with Gasteiger partial charge in [-0.2, -0.15) is 0 Å². The second-order valence-corrected chi connectivity index (χ2v) is 5.75. The molecule has 3 rings (SSSR count). The Labute approximate surface area is 129 Å². The normalized spacial score (nSPS) is 22.9. The highest BCUT2D eigenvalue weighted by Gasteiger charge is 2.25. The van der Waals surface area contributed by atoms with E-state index in [2.05, 4.69) is 15.3 Å². The number of hydrogen-bond donors (Lipinski definition) is 2. The fourth-order valence-corrected chi connectivity index (χ4v) is 2.40. The average Bonchev–Trinajstić information content (AvgIpc) is 3.14. The van der Waals surface area contributed by atoms with E-state index in [1.807, 2.05) is 6.21 Å². The first-order chi connectivity index (χ1) is 10.3. The van der Waals surface area contributed by atoms with Crippen LogP contribution in [0.25, 0.3) is 5.57 Å². The molecule has 0 bridgehead atoms. The molecule has 1 aromatic rings. The molecule has 1 unspecified atom stereocenters. The molecule has 6 heteroatoms. The third kappa shape index (κ3) is 3.74. The maximum atomic E-state index is 5.97. The van der Waals surface area contributed by atoms with Crippen LogP contribution in [0.1, 0.15) is 24.8 Å². The molecule has 1 saturated heterocycles. The number of hydrogen-bond acceptors (Lipinski definition) is 5. The number of rotatable bonds is 5. The molecule has 1 atom stereocenters. The molecule has 1 aromatic heterocycles. The highest BCUT2D eigenvalue weighted by Crippen LogP contribution is 2.33. The van der Waals surface area contributed by atoms with E-state index in [0.29, 0.717) is 11.2 Å². The van der Waals surface area contributed by atoms with Gasteiger partial charge in [0.25, 0.3) is 0 Å². The monoisotopic (exact) mass is 306 g/mol. The molecule has 112 valence electrons. The van der Waals surface area contributed by atoms with Crippen LogP contribution in [-0.2, 0) is 0 Å². The highest BCUT2D eigenvalue weighted by atomic mass is 35.5. The number of ether oxygens (including phenoxy) is 1. The lowest BCUT2D eigenvalue weighted by atomic mass is 10.1. The summed E-state index contributed by atoms with van der Waals surface area (Å²) >= 11 is 5.97. The third-order valence-electron chi connectivity index (χ3n) is 3.60. The molecule has 5 nitrogen and oxygen atoms in total. The number of allylic oxidation sites excluding steroid dienone is 1. The summed E-state index contributed by atoms with van der Waals surface area (Å²) < 4.78 is 5.90. The van der Waals surface area contributed by atoms with Crippen molar-refractivity contribution in [2.75, 3.05) is 13.1 Å². The first kappa shape index (κ1) is 14.4. The van der Waals surface area contributed by atoms with E-state index in [4.69, 9.17) is 22.1 Å². The fraction of sp³-hybridized carbons (Fsp3) is 0.467. The molecule has 1 aliphatic carbocycles. The number of halogens is 1. The first-order valence-corrected chi connectivity index (χ1v) is 7.62. The maximum Gasteiger partial charge on any atom is 0.132 e. The molecular weight excluding hydrogens is 288 g/mol. The lowest BCUT2D eigenvalue weighted by Crippen LogP contribution is -2.11. The Morgan fingerprint density at radius 1 is 1.48 bits per heavy atom. The number of nitrogens with one attached hydrogen (secondary N) is 1.